The van der Waals surface area contributed by atoms with Gasteiger partial charge in [-0.25, -0.2) is 22.6 Å². The van der Waals surface area contributed by atoms with Crippen LogP contribution in [0.15, 0.2) is 54.6 Å². The first-order chi connectivity index (χ1) is 16.0. The number of anilines is 1. The molecular weight excluding hydrogens is 474 g/mol. The third-order valence-corrected chi connectivity index (χ3v) is 6.70. The van der Waals surface area contributed by atoms with Crippen molar-refractivity contribution in [1.82, 2.24) is 19.8 Å². The number of carbonyl (C=O) groups is 1. The quantitative estimate of drug-likeness (QED) is 0.418. The maximum Gasteiger partial charge on any atom is 0.319 e. The number of carbonyl (C=O) groups excluding carboxylic acids is 1. The van der Waals surface area contributed by atoms with Gasteiger partial charge in [0.05, 0.1) is 29.4 Å². The van der Waals surface area contributed by atoms with Gasteiger partial charge < -0.3 is 10.6 Å². The number of amides is 2. The van der Waals surface area contributed by atoms with Crippen molar-refractivity contribution in [3.8, 4) is 5.69 Å². The molecule has 1 heterocycles. The molecule has 3 rings (SSSR count). The Bertz CT molecular complexity index is 1250. The average Bonchev–Trinajstić information content (AvgIpc) is 3.22. The summed E-state index contributed by atoms with van der Waals surface area (Å²) in [5, 5.41) is 11.0. The molecule has 0 aliphatic rings. The fourth-order valence-corrected chi connectivity index (χ4v) is 3.87. The average molecular weight is 504 g/mol. The van der Waals surface area contributed by atoms with E-state index in [1.165, 1.54) is 0 Å². The van der Waals surface area contributed by atoms with Gasteiger partial charge in [0.2, 0.25) is 10.0 Å². The Hall–Kier alpha value is -2.88. The molecule has 0 aliphatic carbocycles. The van der Waals surface area contributed by atoms with Gasteiger partial charge in [-0.2, -0.15) is 5.10 Å². The highest BCUT2D eigenvalue weighted by Crippen LogP contribution is 2.24. The second kappa shape index (κ2) is 10.6. The molecule has 0 radical (unpaired) electrons. The summed E-state index contributed by atoms with van der Waals surface area (Å²) in [6.07, 6.45) is 0. The third-order valence-electron chi connectivity index (χ3n) is 5.12. The van der Waals surface area contributed by atoms with E-state index < -0.39 is 10.0 Å². The van der Waals surface area contributed by atoms with Gasteiger partial charge in [0, 0.05) is 22.7 Å². The third kappa shape index (κ3) is 7.06. The number of urea groups is 1. The van der Waals surface area contributed by atoms with Gasteiger partial charge in [-0.05, 0) is 48.9 Å². The summed E-state index contributed by atoms with van der Waals surface area (Å²) in [6, 6.07) is 16.0. The van der Waals surface area contributed by atoms with E-state index in [9.17, 15) is 13.2 Å². The van der Waals surface area contributed by atoms with Crippen molar-refractivity contribution < 1.29 is 13.2 Å². The van der Waals surface area contributed by atoms with Crippen LogP contribution >= 0.6 is 11.6 Å². The van der Waals surface area contributed by atoms with Gasteiger partial charge in [0.25, 0.3) is 0 Å². The number of nitrogens with one attached hydrogen (secondary N) is 3. The highest BCUT2D eigenvalue weighted by Gasteiger charge is 2.21. The highest BCUT2D eigenvalue weighted by atomic mass is 35.5. The first-order valence-corrected chi connectivity index (χ1v) is 13.0. The van der Waals surface area contributed by atoms with Gasteiger partial charge >= 0.3 is 6.03 Å². The van der Waals surface area contributed by atoms with Crippen molar-refractivity contribution in [3.05, 3.63) is 76.6 Å². The lowest BCUT2D eigenvalue weighted by molar-refractivity contribution is 0.251. The van der Waals surface area contributed by atoms with E-state index in [0.717, 1.165) is 22.6 Å². The number of hydrogen-bond acceptors (Lipinski definition) is 4. The zero-order valence-corrected chi connectivity index (χ0v) is 21.3. The molecule has 8 nitrogen and oxygen atoms in total. The molecule has 0 bridgehead atoms. The van der Waals surface area contributed by atoms with Crippen LogP contribution in [-0.2, 0) is 28.5 Å². The Morgan fingerprint density at radius 2 is 1.76 bits per heavy atom. The lowest BCUT2D eigenvalue weighted by Crippen LogP contribution is -2.29. The maximum atomic E-state index is 12.5. The molecule has 0 atom stereocenters. The molecule has 0 saturated heterocycles. The smallest absolute Gasteiger partial charge is 0.319 e. The molecule has 0 fully saturated rings. The van der Waals surface area contributed by atoms with Gasteiger partial charge in [-0.1, -0.05) is 50.6 Å². The molecule has 0 saturated carbocycles. The molecule has 3 N–H and O–H groups in total. The Labute approximate surface area is 205 Å². The summed E-state index contributed by atoms with van der Waals surface area (Å²) >= 11 is 6.17. The molecule has 182 valence electrons. The Morgan fingerprint density at radius 3 is 2.38 bits per heavy atom. The number of aromatic nitrogens is 2. The molecular formula is C24H30ClN5O3S. The van der Waals surface area contributed by atoms with Crippen molar-refractivity contribution in [2.75, 3.05) is 11.1 Å². The van der Waals surface area contributed by atoms with Gasteiger partial charge in [0.1, 0.15) is 0 Å². The number of benzene rings is 2. The first kappa shape index (κ1) is 25.7. The highest BCUT2D eigenvalue weighted by molar-refractivity contribution is 7.89. The Balaban J connectivity index is 1.66. The standard InChI is InChI=1S/C24H30ClN5O3S/c1-5-34(32,33)27-15-17-9-11-19(12-10-17)28-23(31)26-16-21-14-22(24(2,3)4)29-30(21)20-8-6-7-18(25)13-20/h6-14,27H,5,15-16H2,1-4H3,(H2,26,28,31). The maximum absolute atomic E-state index is 12.5. The van der Waals surface area contributed by atoms with Crippen LogP contribution in [0.25, 0.3) is 5.69 Å². The van der Waals surface area contributed by atoms with E-state index in [1.807, 2.05) is 24.3 Å². The predicted molar refractivity (Wildman–Crippen MR) is 136 cm³/mol. The lowest BCUT2D eigenvalue weighted by atomic mass is 9.92. The van der Waals surface area contributed by atoms with Crippen LogP contribution in [0.3, 0.4) is 0 Å². The Kier molecular flexibility index (Phi) is 8.01. The van der Waals surface area contributed by atoms with Gasteiger partial charge in [0.15, 0.2) is 0 Å². The molecule has 34 heavy (non-hydrogen) atoms. The van der Waals surface area contributed by atoms with Crippen LogP contribution in [0.1, 0.15) is 44.6 Å². The van der Waals surface area contributed by atoms with Crippen LogP contribution in [0.5, 0.6) is 0 Å². The fraction of sp³-hybridized carbons (Fsp3) is 0.333. The molecule has 1 aromatic heterocycles. The number of nitrogens with zero attached hydrogens (tertiary/aromatic N) is 2. The fourth-order valence-electron chi connectivity index (χ4n) is 3.09. The van der Waals surface area contributed by atoms with E-state index in [4.69, 9.17) is 16.7 Å². The monoisotopic (exact) mass is 503 g/mol. The molecule has 0 spiro atoms. The summed E-state index contributed by atoms with van der Waals surface area (Å²) in [7, 11) is -3.26. The Morgan fingerprint density at radius 1 is 1.06 bits per heavy atom. The second-order valence-corrected chi connectivity index (χ2v) is 11.4. The SMILES string of the molecule is CCS(=O)(=O)NCc1ccc(NC(=O)NCc2cc(C(C)(C)C)nn2-c2cccc(Cl)c2)cc1. The molecule has 0 aliphatic heterocycles. The largest absolute Gasteiger partial charge is 0.332 e. The molecule has 2 aromatic carbocycles. The van der Waals surface area contributed by atoms with E-state index in [-0.39, 0.29) is 30.3 Å². The predicted octanol–water partition coefficient (Wildman–Crippen LogP) is 4.58. The minimum atomic E-state index is -3.26. The van der Waals surface area contributed by atoms with E-state index in [2.05, 4.69) is 36.1 Å². The number of rotatable bonds is 8. The van der Waals surface area contributed by atoms with Crippen molar-refractivity contribution in [2.45, 2.75) is 46.2 Å². The van der Waals surface area contributed by atoms with Gasteiger partial charge in [-0.3, -0.25) is 0 Å². The van der Waals surface area contributed by atoms with Crippen LogP contribution < -0.4 is 15.4 Å². The summed E-state index contributed by atoms with van der Waals surface area (Å²) < 4.78 is 27.4. The minimum absolute atomic E-state index is 0.0280. The number of halogens is 1. The van der Waals surface area contributed by atoms with Crippen molar-refractivity contribution in [3.63, 3.8) is 0 Å². The van der Waals surface area contributed by atoms with Gasteiger partial charge in [-0.15, -0.1) is 0 Å². The van der Waals surface area contributed by atoms with E-state index in [1.54, 1.807) is 41.9 Å². The topological polar surface area (TPSA) is 105 Å². The van der Waals surface area contributed by atoms with E-state index >= 15 is 0 Å². The summed E-state index contributed by atoms with van der Waals surface area (Å²) in [5.41, 5.74) is 3.77. The summed E-state index contributed by atoms with van der Waals surface area (Å²) in [5.74, 6) is 0.0280. The zero-order valence-electron chi connectivity index (χ0n) is 19.7. The molecule has 3 aromatic rings. The summed E-state index contributed by atoms with van der Waals surface area (Å²) in [4.78, 5) is 12.5. The zero-order chi connectivity index (χ0) is 24.9. The van der Waals surface area contributed by atoms with Crippen LogP contribution in [0, 0.1) is 0 Å². The molecule has 2 amide bonds. The minimum Gasteiger partial charge on any atom is -0.332 e. The van der Waals surface area contributed by atoms with E-state index in [0.29, 0.717) is 10.7 Å². The van der Waals surface area contributed by atoms with Crippen LogP contribution in [0.4, 0.5) is 10.5 Å². The first-order valence-electron chi connectivity index (χ1n) is 10.9. The lowest BCUT2D eigenvalue weighted by Gasteiger charge is -2.14. The van der Waals surface area contributed by atoms with Crippen molar-refractivity contribution in [2.24, 2.45) is 0 Å². The number of hydrogen-bond donors (Lipinski definition) is 3. The second-order valence-electron chi connectivity index (χ2n) is 8.89. The van der Waals surface area contributed by atoms with Crippen LogP contribution in [0.2, 0.25) is 5.02 Å². The number of sulfonamides is 1. The normalized spacial score (nSPS) is 11.9. The molecule has 10 heteroatoms. The van der Waals surface area contributed by atoms with Crippen molar-refractivity contribution in [1.29, 1.82) is 0 Å². The molecule has 0 unspecified atom stereocenters. The summed E-state index contributed by atoms with van der Waals surface area (Å²) in [6.45, 7) is 8.29. The van der Waals surface area contributed by atoms with Crippen LogP contribution in [-0.4, -0.2) is 30.0 Å². The van der Waals surface area contributed by atoms with Crippen molar-refractivity contribution >= 4 is 33.3 Å².